The third-order valence-corrected chi connectivity index (χ3v) is 3.41. The summed E-state index contributed by atoms with van der Waals surface area (Å²) in [5.41, 5.74) is 7.35. The Kier molecular flexibility index (Phi) is 7.90. The van der Waals surface area contributed by atoms with E-state index >= 15 is 0 Å². The maximum atomic E-state index is 3.48. The molecule has 1 nitrogen and oxygen atoms in total. The lowest BCUT2D eigenvalue weighted by Crippen LogP contribution is -1.81. The van der Waals surface area contributed by atoms with Gasteiger partial charge in [0.2, 0.25) is 0 Å². The molecule has 0 amide bonds. The predicted molar refractivity (Wildman–Crippen MR) is 104 cm³/mol. The maximum Gasteiger partial charge on any atom is 0.0458 e. The third-order valence-electron chi connectivity index (χ3n) is 3.41. The Morgan fingerprint density at radius 3 is 1.09 bits per heavy atom. The summed E-state index contributed by atoms with van der Waals surface area (Å²) in [6, 6.07) is 21.5. The fourth-order valence-electron chi connectivity index (χ4n) is 2.20. The first-order chi connectivity index (χ1) is 11.2. The number of aromatic nitrogens is 1. The molecule has 23 heavy (non-hydrogen) atoms. The minimum absolute atomic E-state index is 1.16. The van der Waals surface area contributed by atoms with Crippen molar-refractivity contribution in [3.05, 3.63) is 71.8 Å². The second kappa shape index (κ2) is 9.68. The van der Waals surface area contributed by atoms with Crippen LogP contribution >= 0.6 is 0 Å². The molecule has 0 fully saturated rings. The van der Waals surface area contributed by atoms with E-state index in [0.29, 0.717) is 0 Å². The average Bonchev–Trinajstić information content (AvgIpc) is 3.10. The Morgan fingerprint density at radius 1 is 0.478 bits per heavy atom. The largest absolute Gasteiger partial charge is 0.355 e. The zero-order valence-corrected chi connectivity index (χ0v) is 15.3. The molecule has 0 saturated heterocycles. The van der Waals surface area contributed by atoms with Gasteiger partial charge in [0.1, 0.15) is 0 Å². The first kappa shape index (κ1) is 18.8. The lowest BCUT2D eigenvalue weighted by molar-refractivity contribution is 1.37. The summed E-state index contributed by atoms with van der Waals surface area (Å²) in [5, 5.41) is 0. The van der Waals surface area contributed by atoms with Crippen molar-refractivity contribution in [1.29, 1.82) is 0 Å². The molecule has 2 aromatic carbocycles. The zero-order chi connectivity index (χ0) is 17.2. The standard InChI is InChI=1S/C18H17N.2C2H6/c1-13-3-7-15(8-4-13)17-11-12-18(19-17)16-9-5-14(2)6-10-16;2*1-2/h3-12,19H,1-2H3;2*1-2H3. The van der Waals surface area contributed by atoms with E-state index in [9.17, 15) is 0 Å². The van der Waals surface area contributed by atoms with Gasteiger partial charge >= 0.3 is 0 Å². The fraction of sp³-hybridized carbons (Fsp3) is 0.273. The van der Waals surface area contributed by atoms with Crippen molar-refractivity contribution in [2.24, 2.45) is 0 Å². The van der Waals surface area contributed by atoms with Crippen LogP contribution in [0.2, 0.25) is 0 Å². The SMILES string of the molecule is CC.CC.Cc1ccc(-c2ccc(-c3ccc(C)cc3)[nH]2)cc1. The number of aromatic amines is 1. The van der Waals surface area contributed by atoms with E-state index in [1.165, 1.54) is 22.3 Å². The summed E-state index contributed by atoms with van der Waals surface area (Å²) in [6.07, 6.45) is 0. The van der Waals surface area contributed by atoms with Gasteiger partial charge in [0.05, 0.1) is 0 Å². The summed E-state index contributed by atoms with van der Waals surface area (Å²) in [7, 11) is 0. The van der Waals surface area contributed by atoms with Crippen LogP contribution < -0.4 is 0 Å². The van der Waals surface area contributed by atoms with Crippen LogP contribution in [0.1, 0.15) is 38.8 Å². The van der Waals surface area contributed by atoms with Gasteiger partial charge in [-0.25, -0.2) is 0 Å². The van der Waals surface area contributed by atoms with E-state index in [2.05, 4.69) is 79.5 Å². The molecule has 0 unspecified atom stereocenters. The van der Waals surface area contributed by atoms with Crippen molar-refractivity contribution in [2.45, 2.75) is 41.5 Å². The molecule has 0 aliphatic heterocycles. The van der Waals surface area contributed by atoms with Crippen LogP contribution in [0.4, 0.5) is 0 Å². The van der Waals surface area contributed by atoms with Crippen LogP contribution in [0.15, 0.2) is 60.7 Å². The van der Waals surface area contributed by atoms with Gasteiger partial charge in [-0.3, -0.25) is 0 Å². The van der Waals surface area contributed by atoms with Gasteiger partial charge in [-0.2, -0.15) is 0 Å². The molecule has 0 radical (unpaired) electrons. The molecule has 0 aliphatic carbocycles. The van der Waals surface area contributed by atoms with Gasteiger partial charge in [0, 0.05) is 11.4 Å². The molecule has 122 valence electrons. The Hall–Kier alpha value is -2.28. The van der Waals surface area contributed by atoms with Crippen LogP contribution in [-0.2, 0) is 0 Å². The van der Waals surface area contributed by atoms with Gasteiger partial charge in [0.25, 0.3) is 0 Å². The molecule has 3 rings (SSSR count). The molecule has 0 spiro atoms. The highest BCUT2D eigenvalue weighted by Crippen LogP contribution is 2.24. The van der Waals surface area contributed by atoms with E-state index in [1.807, 2.05) is 27.7 Å². The normalized spacial score (nSPS) is 9.30. The summed E-state index contributed by atoms with van der Waals surface area (Å²) in [6.45, 7) is 12.2. The summed E-state index contributed by atoms with van der Waals surface area (Å²) in [5.74, 6) is 0. The van der Waals surface area contributed by atoms with Crippen LogP contribution in [0.25, 0.3) is 22.5 Å². The van der Waals surface area contributed by atoms with Crippen molar-refractivity contribution in [2.75, 3.05) is 0 Å². The maximum absolute atomic E-state index is 3.48. The molecular weight excluding hydrogens is 278 g/mol. The topological polar surface area (TPSA) is 15.8 Å². The second-order valence-electron chi connectivity index (χ2n) is 5.02. The molecule has 1 aromatic heterocycles. The molecule has 0 saturated carbocycles. The quantitative estimate of drug-likeness (QED) is 0.523. The number of hydrogen-bond acceptors (Lipinski definition) is 0. The van der Waals surface area contributed by atoms with E-state index in [1.54, 1.807) is 0 Å². The zero-order valence-electron chi connectivity index (χ0n) is 15.3. The lowest BCUT2D eigenvalue weighted by atomic mass is 10.1. The monoisotopic (exact) mass is 307 g/mol. The van der Waals surface area contributed by atoms with E-state index in [-0.39, 0.29) is 0 Å². The van der Waals surface area contributed by atoms with Crippen molar-refractivity contribution in [3.8, 4) is 22.5 Å². The highest BCUT2D eigenvalue weighted by molar-refractivity contribution is 5.68. The molecule has 0 aliphatic rings. The summed E-state index contributed by atoms with van der Waals surface area (Å²) >= 11 is 0. The van der Waals surface area contributed by atoms with Crippen LogP contribution in [-0.4, -0.2) is 4.98 Å². The Morgan fingerprint density at radius 2 is 0.783 bits per heavy atom. The predicted octanol–water partition coefficient (Wildman–Crippen LogP) is 7.02. The van der Waals surface area contributed by atoms with Gasteiger partial charge in [-0.05, 0) is 37.1 Å². The van der Waals surface area contributed by atoms with Crippen LogP contribution in [0.5, 0.6) is 0 Å². The highest BCUT2D eigenvalue weighted by Gasteiger charge is 2.03. The second-order valence-corrected chi connectivity index (χ2v) is 5.02. The molecule has 3 aromatic rings. The number of benzene rings is 2. The van der Waals surface area contributed by atoms with Crippen LogP contribution in [0, 0.1) is 13.8 Å². The molecule has 0 atom stereocenters. The lowest BCUT2D eigenvalue weighted by Gasteiger charge is -2.01. The minimum Gasteiger partial charge on any atom is -0.355 e. The van der Waals surface area contributed by atoms with Crippen molar-refractivity contribution < 1.29 is 0 Å². The van der Waals surface area contributed by atoms with Gasteiger partial charge in [0.15, 0.2) is 0 Å². The van der Waals surface area contributed by atoms with Gasteiger partial charge in [-0.15, -0.1) is 0 Å². The average molecular weight is 307 g/mol. The molecule has 1 heteroatoms. The molecular formula is C22H29N. The van der Waals surface area contributed by atoms with Crippen molar-refractivity contribution >= 4 is 0 Å². The van der Waals surface area contributed by atoms with E-state index in [0.717, 1.165) is 11.4 Å². The highest BCUT2D eigenvalue weighted by atomic mass is 14.7. The fourth-order valence-corrected chi connectivity index (χ4v) is 2.20. The van der Waals surface area contributed by atoms with Crippen molar-refractivity contribution in [1.82, 2.24) is 4.98 Å². The van der Waals surface area contributed by atoms with Crippen LogP contribution in [0.3, 0.4) is 0 Å². The Balaban J connectivity index is 0.000000615. The molecule has 1 heterocycles. The van der Waals surface area contributed by atoms with Gasteiger partial charge in [-0.1, -0.05) is 87.4 Å². The first-order valence-electron chi connectivity index (χ1n) is 8.55. The Bertz CT molecular complexity index is 613. The molecule has 0 bridgehead atoms. The number of H-pyrrole nitrogens is 1. The Labute approximate surface area is 141 Å². The number of aryl methyl sites for hydroxylation is 2. The number of nitrogens with one attached hydrogen (secondary N) is 1. The smallest absolute Gasteiger partial charge is 0.0458 e. The third kappa shape index (κ3) is 5.14. The first-order valence-corrected chi connectivity index (χ1v) is 8.55. The molecule has 1 N–H and O–H groups in total. The summed E-state index contributed by atoms with van der Waals surface area (Å²) < 4.78 is 0. The van der Waals surface area contributed by atoms with Crippen molar-refractivity contribution in [3.63, 3.8) is 0 Å². The number of rotatable bonds is 2. The van der Waals surface area contributed by atoms with E-state index in [4.69, 9.17) is 0 Å². The number of hydrogen-bond donors (Lipinski definition) is 1. The van der Waals surface area contributed by atoms with E-state index < -0.39 is 0 Å². The summed E-state index contributed by atoms with van der Waals surface area (Å²) in [4.78, 5) is 3.48. The minimum atomic E-state index is 1.16. The van der Waals surface area contributed by atoms with Gasteiger partial charge < -0.3 is 4.98 Å².